The van der Waals surface area contributed by atoms with Crippen LogP contribution in [0.4, 0.5) is 11.4 Å². The van der Waals surface area contributed by atoms with E-state index in [2.05, 4.69) is 31.4 Å². The van der Waals surface area contributed by atoms with E-state index in [9.17, 15) is 14.4 Å². The number of hydrogen-bond donors (Lipinski definition) is 2. The minimum absolute atomic E-state index is 0.0327. The van der Waals surface area contributed by atoms with Crippen molar-refractivity contribution in [3.63, 3.8) is 0 Å². The summed E-state index contributed by atoms with van der Waals surface area (Å²) in [6, 6.07) is 12.5. The Morgan fingerprint density at radius 2 is 1.86 bits per heavy atom. The number of rotatable bonds is 4. The first-order valence-electron chi connectivity index (χ1n) is 8.86. The average Bonchev–Trinajstić information content (AvgIpc) is 2.65. The minimum atomic E-state index is -0.620. The van der Waals surface area contributed by atoms with E-state index in [4.69, 9.17) is 4.74 Å². The van der Waals surface area contributed by atoms with E-state index in [1.54, 1.807) is 18.2 Å². The minimum Gasteiger partial charge on any atom is -0.452 e. The van der Waals surface area contributed by atoms with Crippen LogP contribution in [0.15, 0.2) is 47.4 Å². The molecule has 0 saturated heterocycles. The van der Waals surface area contributed by atoms with E-state index in [0.29, 0.717) is 17.1 Å². The molecule has 0 atom stereocenters. The molecule has 0 spiro atoms. The first-order valence-corrected chi connectivity index (χ1v) is 9.85. The van der Waals surface area contributed by atoms with Crippen LogP contribution < -0.4 is 10.6 Å². The Kier molecular flexibility index (Phi) is 5.74. The fourth-order valence-corrected chi connectivity index (χ4v) is 3.46. The van der Waals surface area contributed by atoms with Crippen LogP contribution >= 0.6 is 11.8 Å². The van der Waals surface area contributed by atoms with Crippen LogP contribution in [0.2, 0.25) is 0 Å². The summed E-state index contributed by atoms with van der Waals surface area (Å²) in [4.78, 5) is 36.6. The van der Waals surface area contributed by atoms with E-state index >= 15 is 0 Å². The Labute approximate surface area is 168 Å². The van der Waals surface area contributed by atoms with Crippen LogP contribution in [0.25, 0.3) is 0 Å². The summed E-state index contributed by atoms with van der Waals surface area (Å²) in [6.07, 6.45) is 0. The number of anilines is 2. The number of nitrogens with one attached hydrogen (secondary N) is 2. The molecule has 2 aromatic rings. The van der Waals surface area contributed by atoms with Crippen LogP contribution in [0.5, 0.6) is 0 Å². The van der Waals surface area contributed by atoms with Gasteiger partial charge in [0.2, 0.25) is 5.91 Å². The molecule has 0 bridgehead atoms. The van der Waals surface area contributed by atoms with Crippen molar-refractivity contribution in [2.45, 2.75) is 31.1 Å². The van der Waals surface area contributed by atoms with Crippen molar-refractivity contribution >= 4 is 40.9 Å². The molecule has 2 N–H and O–H groups in total. The molecule has 0 aliphatic carbocycles. The highest BCUT2D eigenvalue weighted by atomic mass is 32.2. The van der Waals surface area contributed by atoms with Crippen molar-refractivity contribution in [3.05, 3.63) is 53.6 Å². The molecule has 0 fully saturated rings. The number of fused-ring (bicyclic) bond motifs is 1. The van der Waals surface area contributed by atoms with Gasteiger partial charge in [-0.1, -0.05) is 32.9 Å². The SMILES string of the molecule is CC(C)(C)c1ccc(NC(=O)COC(=O)c2ccc3c(c2)NC(=O)CS3)cc1. The molecule has 3 rings (SSSR count). The van der Waals surface area contributed by atoms with E-state index in [1.807, 2.05) is 24.3 Å². The van der Waals surface area contributed by atoms with Crippen molar-refractivity contribution in [1.29, 1.82) is 0 Å². The Morgan fingerprint density at radius 1 is 1.14 bits per heavy atom. The second-order valence-electron chi connectivity index (χ2n) is 7.50. The van der Waals surface area contributed by atoms with Crippen LogP contribution in [0.3, 0.4) is 0 Å². The zero-order chi connectivity index (χ0) is 20.3. The van der Waals surface area contributed by atoms with Gasteiger partial charge in [0, 0.05) is 10.6 Å². The second kappa shape index (κ2) is 8.06. The third kappa shape index (κ3) is 4.92. The molecule has 146 valence electrons. The van der Waals surface area contributed by atoms with Crippen molar-refractivity contribution in [2.24, 2.45) is 0 Å². The molecule has 0 saturated carbocycles. The number of benzene rings is 2. The van der Waals surface area contributed by atoms with Crippen molar-refractivity contribution in [1.82, 2.24) is 0 Å². The standard InChI is InChI=1S/C21H22N2O4S/c1-21(2,3)14-5-7-15(8-6-14)22-18(24)11-27-20(26)13-4-9-17-16(10-13)23-19(25)12-28-17/h4-10H,11-12H2,1-3H3,(H,22,24)(H,23,25). The summed E-state index contributed by atoms with van der Waals surface area (Å²) in [5, 5.41) is 5.43. The van der Waals surface area contributed by atoms with Gasteiger partial charge in [-0.25, -0.2) is 4.79 Å². The maximum atomic E-state index is 12.2. The molecule has 1 heterocycles. The largest absolute Gasteiger partial charge is 0.452 e. The summed E-state index contributed by atoms with van der Waals surface area (Å²) in [5.41, 5.74) is 2.70. The lowest BCUT2D eigenvalue weighted by Crippen LogP contribution is -2.22. The van der Waals surface area contributed by atoms with Gasteiger partial charge in [-0.05, 0) is 41.3 Å². The Balaban J connectivity index is 1.55. The zero-order valence-electron chi connectivity index (χ0n) is 16.0. The highest BCUT2D eigenvalue weighted by molar-refractivity contribution is 8.00. The molecule has 28 heavy (non-hydrogen) atoms. The Morgan fingerprint density at radius 3 is 2.54 bits per heavy atom. The van der Waals surface area contributed by atoms with Gasteiger partial charge in [-0.3, -0.25) is 9.59 Å². The fourth-order valence-electron chi connectivity index (χ4n) is 2.68. The van der Waals surface area contributed by atoms with E-state index < -0.39 is 18.5 Å². The average molecular weight is 398 g/mol. The maximum absolute atomic E-state index is 12.2. The smallest absolute Gasteiger partial charge is 0.338 e. The lowest BCUT2D eigenvalue weighted by Gasteiger charge is -2.19. The lowest BCUT2D eigenvalue weighted by atomic mass is 9.87. The third-order valence-electron chi connectivity index (χ3n) is 4.22. The first kappa shape index (κ1) is 19.9. The molecule has 0 unspecified atom stereocenters. The molecule has 0 radical (unpaired) electrons. The summed E-state index contributed by atoms with van der Waals surface area (Å²) in [7, 11) is 0. The quantitative estimate of drug-likeness (QED) is 0.765. The molecule has 2 amide bonds. The summed E-state index contributed by atoms with van der Waals surface area (Å²) in [6.45, 7) is 5.96. The van der Waals surface area contributed by atoms with Crippen LogP contribution in [-0.4, -0.2) is 30.1 Å². The number of carbonyl (C=O) groups excluding carboxylic acids is 3. The summed E-state index contributed by atoms with van der Waals surface area (Å²) < 4.78 is 5.09. The molecule has 0 aromatic heterocycles. The van der Waals surface area contributed by atoms with Crippen molar-refractivity contribution < 1.29 is 19.1 Å². The van der Waals surface area contributed by atoms with Gasteiger partial charge >= 0.3 is 5.97 Å². The predicted octanol–water partition coefficient (Wildman–Crippen LogP) is 3.82. The summed E-state index contributed by atoms with van der Waals surface area (Å²) in [5.74, 6) is -0.794. The normalized spacial score (nSPS) is 13.3. The number of amides is 2. The highest BCUT2D eigenvalue weighted by Crippen LogP contribution is 2.32. The monoisotopic (exact) mass is 398 g/mol. The number of carbonyl (C=O) groups is 3. The highest BCUT2D eigenvalue weighted by Gasteiger charge is 2.18. The van der Waals surface area contributed by atoms with E-state index in [1.165, 1.54) is 11.8 Å². The molecule has 1 aliphatic heterocycles. The summed E-state index contributed by atoms with van der Waals surface area (Å²) >= 11 is 1.41. The number of ether oxygens (including phenoxy) is 1. The van der Waals surface area contributed by atoms with Crippen molar-refractivity contribution in [2.75, 3.05) is 23.0 Å². The molecule has 6 nitrogen and oxygen atoms in total. The Bertz CT molecular complexity index is 917. The van der Waals surface area contributed by atoms with E-state index in [0.717, 1.165) is 10.5 Å². The predicted molar refractivity (Wildman–Crippen MR) is 110 cm³/mol. The van der Waals surface area contributed by atoms with Crippen LogP contribution in [0, 0.1) is 0 Å². The van der Waals surface area contributed by atoms with Gasteiger partial charge in [0.25, 0.3) is 5.91 Å². The molecule has 7 heteroatoms. The molecule has 1 aliphatic rings. The van der Waals surface area contributed by atoms with Gasteiger partial charge in [0.1, 0.15) is 0 Å². The number of hydrogen-bond acceptors (Lipinski definition) is 5. The van der Waals surface area contributed by atoms with Crippen LogP contribution in [0.1, 0.15) is 36.7 Å². The van der Waals surface area contributed by atoms with Gasteiger partial charge in [-0.2, -0.15) is 0 Å². The second-order valence-corrected chi connectivity index (χ2v) is 8.52. The van der Waals surface area contributed by atoms with Gasteiger partial charge in [-0.15, -0.1) is 11.8 Å². The van der Waals surface area contributed by atoms with Gasteiger partial charge in [0.05, 0.1) is 17.0 Å². The van der Waals surface area contributed by atoms with Gasteiger partial charge in [0.15, 0.2) is 6.61 Å². The van der Waals surface area contributed by atoms with Crippen molar-refractivity contribution in [3.8, 4) is 0 Å². The van der Waals surface area contributed by atoms with Gasteiger partial charge < -0.3 is 15.4 Å². The Hall–Kier alpha value is -2.80. The van der Waals surface area contributed by atoms with E-state index in [-0.39, 0.29) is 16.9 Å². The fraction of sp³-hybridized carbons (Fsp3) is 0.286. The topological polar surface area (TPSA) is 84.5 Å². The third-order valence-corrected chi connectivity index (χ3v) is 5.29. The number of thioether (sulfide) groups is 1. The first-order chi connectivity index (χ1) is 13.2. The number of esters is 1. The zero-order valence-corrected chi connectivity index (χ0v) is 16.8. The van der Waals surface area contributed by atoms with Crippen LogP contribution in [-0.2, 0) is 19.7 Å². The molecular weight excluding hydrogens is 376 g/mol. The lowest BCUT2D eigenvalue weighted by molar-refractivity contribution is -0.119. The molecule has 2 aromatic carbocycles. The molecular formula is C21H22N2O4S. The maximum Gasteiger partial charge on any atom is 0.338 e.